The number of hydrogen-bond acceptors (Lipinski definition) is 6. The third-order valence-corrected chi connectivity index (χ3v) is 10.3. The second kappa shape index (κ2) is 13.5. The molecular weight excluding hydrogens is 609 g/mol. The van der Waals surface area contributed by atoms with Crippen LogP contribution in [0.15, 0.2) is 113 Å². The highest BCUT2D eigenvalue weighted by molar-refractivity contribution is 7.89. The molecule has 0 aromatic heterocycles. The topological polar surface area (TPSA) is 114 Å². The van der Waals surface area contributed by atoms with E-state index in [0.717, 1.165) is 44.4 Å². The number of anilines is 3. The molecule has 0 heterocycles. The first-order chi connectivity index (χ1) is 22.3. The Morgan fingerprint density at radius 2 is 1.62 bits per heavy atom. The van der Waals surface area contributed by atoms with Crippen molar-refractivity contribution in [2.75, 3.05) is 17.9 Å². The van der Waals surface area contributed by atoms with Crippen LogP contribution in [0.25, 0.3) is 16.8 Å². The molecule has 0 fully saturated rings. The number of rotatable bonds is 10. The molecule has 1 aliphatic rings. The summed E-state index contributed by atoms with van der Waals surface area (Å²) in [5.74, 6) is 0.880. The van der Waals surface area contributed by atoms with Crippen LogP contribution in [0.4, 0.5) is 17.1 Å². The number of hydrazone groups is 1. The van der Waals surface area contributed by atoms with E-state index in [1.54, 1.807) is 31.4 Å². The molecular formula is C38H43N4O4S+. The number of fused-ring (bicyclic) bond motifs is 1. The zero-order chi connectivity index (χ0) is 33.9. The van der Waals surface area contributed by atoms with Gasteiger partial charge in [0, 0.05) is 28.4 Å². The number of methoxy groups -OCH3 is 1. The Bertz CT molecular complexity index is 2030. The predicted molar refractivity (Wildman–Crippen MR) is 192 cm³/mol. The molecule has 0 radical (unpaired) electrons. The number of hydrogen-bond donors (Lipinski definition) is 5. The van der Waals surface area contributed by atoms with Crippen molar-refractivity contribution in [3.63, 3.8) is 0 Å². The Balaban J connectivity index is 1.35. The van der Waals surface area contributed by atoms with Gasteiger partial charge < -0.3 is 15.2 Å². The lowest BCUT2D eigenvalue weighted by molar-refractivity contribution is -0.418. The Morgan fingerprint density at radius 1 is 0.915 bits per heavy atom. The van der Waals surface area contributed by atoms with Crippen LogP contribution in [0.5, 0.6) is 5.75 Å². The van der Waals surface area contributed by atoms with Crippen molar-refractivity contribution in [3.05, 3.63) is 119 Å². The van der Waals surface area contributed by atoms with E-state index in [2.05, 4.69) is 20.6 Å². The zero-order valence-electron chi connectivity index (χ0n) is 27.9. The molecule has 244 valence electrons. The Labute approximate surface area is 277 Å². The monoisotopic (exact) mass is 651 g/mol. The van der Waals surface area contributed by atoms with Crippen molar-refractivity contribution in [2.45, 2.75) is 52.0 Å². The molecule has 0 spiro atoms. The standard InChI is InChI=1S/C38H42N4O4S/c1-24(2)38(5,6)42-47(44,45)32-16-13-27(14-17-32)21-28-23-35(46-7)34(20-25(28)3)40-41-36-26(4)19-29-22-31(15-18-33(29)37(36)43)39-30-11-9-8-10-12-30/h8-24,39,41-43H,1-7H3/p+1. The van der Waals surface area contributed by atoms with Crippen molar-refractivity contribution < 1.29 is 23.4 Å². The number of aryl methyl sites for hydroxylation is 1. The SMILES string of the molecule is COC1=CC(=Cc2ccc(S(=O)(=O)NC(C)(C)C(C)C)cc2)C(C)=CC1=[NH+]Nc1c(C)cc2cc(Nc3ccccc3)ccc2c1O. The molecule has 4 aromatic rings. The smallest absolute Gasteiger partial charge is 0.268 e. The number of allylic oxidation sites excluding steroid dienone is 4. The van der Waals surface area contributed by atoms with Crippen LogP contribution in [0, 0.1) is 12.8 Å². The van der Waals surface area contributed by atoms with E-state index in [4.69, 9.17) is 4.74 Å². The lowest BCUT2D eigenvalue weighted by Crippen LogP contribution is -2.78. The van der Waals surface area contributed by atoms with Crippen LogP contribution >= 0.6 is 0 Å². The van der Waals surface area contributed by atoms with E-state index in [9.17, 15) is 13.5 Å². The van der Waals surface area contributed by atoms with Crippen molar-refractivity contribution >= 4 is 49.6 Å². The number of benzene rings is 4. The Kier molecular flexibility index (Phi) is 9.60. The van der Waals surface area contributed by atoms with Gasteiger partial charge in [-0.15, -0.1) is 5.10 Å². The molecule has 47 heavy (non-hydrogen) atoms. The fraction of sp³-hybridized carbons (Fsp3) is 0.237. The zero-order valence-corrected chi connectivity index (χ0v) is 28.7. The van der Waals surface area contributed by atoms with E-state index in [0.29, 0.717) is 17.2 Å². The van der Waals surface area contributed by atoms with Gasteiger partial charge in [0.05, 0.1) is 12.0 Å². The van der Waals surface area contributed by atoms with Crippen LogP contribution in [0.3, 0.4) is 0 Å². The van der Waals surface area contributed by atoms with E-state index in [1.165, 1.54) is 0 Å². The predicted octanol–water partition coefficient (Wildman–Crippen LogP) is 6.73. The van der Waals surface area contributed by atoms with E-state index in [-0.39, 0.29) is 16.6 Å². The highest BCUT2D eigenvalue weighted by atomic mass is 32.2. The first-order valence-electron chi connectivity index (χ1n) is 15.6. The first-order valence-corrected chi connectivity index (χ1v) is 17.0. The quantitative estimate of drug-likeness (QED) is 0.0960. The number of phenols is 1. The Hall–Kier alpha value is -4.86. The number of sulfonamides is 1. The summed E-state index contributed by atoms with van der Waals surface area (Å²) in [5, 5.41) is 19.5. The molecule has 0 aliphatic heterocycles. The molecule has 9 heteroatoms. The number of hydrazine groups is 1. The minimum absolute atomic E-state index is 0.134. The molecule has 1 aliphatic carbocycles. The van der Waals surface area contributed by atoms with Crippen LogP contribution in [0.1, 0.15) is 45.7 Å². The molecule has 4 aromatic carbocycles. The van der Waals surface area contributed by atoms with Gasteiger partial charge in [0.15, 0.2) is 11.5 Å². The molecule has 0 saturated carbocycles. The van der Waals surface area contributed by atoms with Gasteiger partial charge in [0.1, 0.15) is 5.69 Å². The highest BCUT2D eigenvalue weighted by Gasteiger charge is 2.29. The summed E-state index contributed by atoms with van der Waals surface area (Å²) in [6.45, 7) is 11.7. The lowest BCUT2D eigenvalue weighted by Gasteiger charge is -2.30. The molecule has 8 nitrogen and oxygen atoms in total. The largest absolute Gasteiger partial charge is 0.505 e. The highest BCUT2D eigenvalue weighted by Crippen LogP contribution is 2.36. The van der Waals surface area contributed by atoms with Gasteiger partial charge in [-0.05, 0) is 122 Å². The van der Waals surface area contributed by atoms with Crippen LogP contribution < -0.4 is 20.6 Å². The minimum atomic E-state index is -3.66. The molecule has 5 rings (SSSR count). The number of ether oxygens (including phenoxy) is 1. The maximum atomic E-state index is 13.0. The molecule has 0 amide bonds. The summed E-state index contributed by atoms with van der Waals surface area (Å²) >= 11 is 0. The maximum absolute atomic E-state index is 13.0. The second-order valence-corrected chi connectivity index (χ2v) is 14.4. The van der Waals surface area contributed by atoms with E-state index >= 15 is 0 Å². The summed E-state index contributed by atoms with van der Waals surface area (Å²) < 4.78 is 34.5. The number of phenolic OH excluding ortho intramolecular Hbond substituents is 1. The Morgan fingerprint density at radius 3 is 2.28 bits per heavy atom. The summed E-state index contributed by atoms with van der Waals surface area (Å²) in [4.78, 5) is 0.222. The van der Waals surface area contributed by atoms with Crippen molar-refractivity contribution in [1.29, 1.82) is 0 Å². The molecule has 0 atom stereocenters. The van der Waals surface area contributed by atoms with Gasteiger partial charge in [-0.25, -0.2) is 13.1 Å². The fourth-order valence-electron chi connectivity index (χ4n) is 5.15. The fourth-order valence-corrected chi connectivity index (χ4v) is 6.69. The normalized spacial score (nSPS) is 15.6. The third kappa shape index (κ3) is 7.59. The summed E-state index contributed by atoms with van der Waals surface area (Å²) in [5.41, 5.74) is 9.43. The summed E-state index contributed by atoms with van der Waals surface area (Å²) in [6.07, 6.45) is 5.87. The molecule has 0 unspecified atom stereocenters. The van der Waals surface area contributed by atoms with Crippen molar-refractivity contribution in [1.82, 2.24) is 4.72 Å². The van der Waals surface area contributed by atoms with E-state index < -0.39 is 15.6 Å². The minimum Gasteiger partial charge on any atom is -0.505 e. The van der Waals surface area contributed by atoms with Gasteiger partial charge in [0.25, 0.3) is 5.71 Å². The molecule has 0 saturated heterocycles. The van der Waals surface area contributed by atoms with Crippen molar-refractivity contribution in [2.24, 2.45) is 5.92 Å². The molecule has 0 bridgehead atoms. The number of nitrogens with one attached hydrogen (secondary N) is 4. The first kappa shape index (κ1) is 33.5. The number of para-hydroxylation sites is 1. The summed E-state index contributed by atoms with van der Waals surface area (Å²) in [6, 6.07) is 24.7. The van der Waals surface area contributed by atoms with Gasteiger partial charge in [-0.3, -0.25) is 0 Å². The average Bonchev–Trinajstić information content (AvgIpc) is 3.02. The van der Waals surface area contributed by atoms with E-state index in [1.807, 2.05) is 114 Å². The van der Waals surface area contributed by atoms with Gasteiger partial charge >= 0.3 is 0 Å². The van der Waals surface area contributed by atoms with Crippen molar-refractivity contribution in [3.8, 4) is 5.75 Å². The second-order valence-electron chi connectivity index (χ2n) is 12.7. The lowest BCUT2D eigenvalue weighted by atomic mass is 9.92. The average molecular weight is 652 g/mol. The number of aromatic hydroxyl groups is 1. The van der Waals surface area contributed by atoms with Crippen LogP contribution in [-0.2, 0) is 14.8 Å². The van der Waals surface area contributed by atoms with Gasteiger partial charge in [-0.1, -0.05) is 44.2 Å². The maximum Gasteiger partial charge on any atom is 0.268 e. The summed E-state index contributed by atoms with van der Waals surface area (Å²) in [7, 11) is -2.06. The van der Waals surface area contributed by atoms with Gasteiger partial charge in [-0.2, -0.15) is 5.43 Å². The molecule has 5 N–H and O–H groups in total. The van der Waals surface area contributed by atoms with Crippen LogP contribution in [0.2, 0.25) is 0 Å². The van der Waals surface area contributed by atoms with Crippen LogP contribution in [-0.4, -0.2) is 31.9 Å². The van der Waals surface area contributed by atoms with Gasteiger partial charge in [0.2, 0.25) is 10.0 Å². The third-order valence-electron chi connectivity index (χ3n) is 8.64.